The molecule has 0 radical (unpaired) electrons. The van der Waals surface area contributed by atoms with Crippen molar-refractivity contribution in [1.82, 2.24) is 0 Å². The fourth-order valence-corrected chi connectivity index (χ4v) is 0.321. The summed E-state index contributed by atoms with van der Waals surface area (Å²) in [6, 6.07) is 10.0. The summed E-state index contributed by atoms with van der Waals surface area (Å²) in [5.74, 6) is 1.42. The third-order valence-corrected chi connectivity index (χ3v) is 0.556. The van der Waals surface area contributed by atoms with E-state index in [1.54, 1.807) is 0 Å². The first-order valence-electron chi connectivity index (χ1n) is 3.17. The van der Waals surface area contributed by atoms with Gasteiger partial charge in [0.25, 0.3) is 0 Å². The molecule has 0 aromatic heterocycles. The van der Waals surface area contributed by atoms with Gasteiger partial charge in [0, 0.05) is 0 Å². The number of rotatable bonds is 0. The molecule has 1 aromatic carbocycles. The van der Waals surface area contributed by atoms with E-state index in [9.17, 15) is 0 Å². The summed E-state index contributed by atoms with van der Waals surface area (Å²) < 4.78 is 0. The van der Waals surface area contributed by atoms with Crippen molar-refractivity contribution in [2.24, 2.45) is 0 Å². The first kappa shape index (κ1) is 22.7. The molecular formula is C11H20Ti. The van der Waals surface area contributed by atoms with Crippen LogP contribution in [-0.2, 0) is 21.7 Å². The summed E-state index contributed by atoms with van der Waals surface area (Å²) >= 11 is 0. The van der Waals surface area contributed by atoms with Gasteiger partial charge in [-0.3, -0.25) is 0 Å². The third-order valence-electron chi connectivity index (χ3n) is 0.556. The van der Waals surface area contributed by atoms with Gasteiger partial charge in [0.1, 0.15) is 0 Å². The fraction of sp³-hybridized carbons (Fsp3) is 0.273. The first-order chi connectivity index (χ1) is 4.23. The zero-order chi connectivity index (χ0) is 7.11. The molecule has 0 atom stereocenters. The topological polar surface area (TPSA) is 0 Å². The van der Waals surface area contributed by atoms with Gasteiger partial charge in [-0.25, -0.2) is 12.1 Å². The molecule has 0 unspecified atom stereocenters. The maximum absolute atomic E-state index is 2.08. The summed E-state index contributed by atoms with van der Waals surface area (Å²) in [7, 11) is 0. The Bertz CT molecular complexity index is 88.6. The molecule has 0 saturated carbocycles. The van der Waals surface area contributed by atoms with E-state index in [1.165, 1.54) is 5.92 Å². The van der Waals surface area contributed by atoms with Gasteiger partial charge in [0.2, 0.25) is 0 Å². The van der Waals surface area contributed by atoms with Crippen molar-refractivity contribution in [1.29, 1.82) is 0 Å². The molecule has 1 heteroatoms. The minimum atomic E-state index is 0. The van der Waals surface area contributed by atoms with Crippen molar-refractivity contribution >= 4 is 0 Å². The van der Waals surface area contributed by atoms with E-state index in [2.05, 4.69) is 20.8 Å². The Kier molecular flexibility index (Phi) is 32.6. The summed E-state index contributed by atoms with van der Waals surface area (Å²) in [4.78, 5) is 0. The van der Waals surface area contributed by atoms with Gasteiger partial charge in [0.05, 0.1) is 0 Å². The van der Waals surface area contributed by atoms with E-state index in [4.69, 9.17) is 0 Å². The maximum atomic E-state index is 2.08. The molecule has 0 spiro atoms. The predicted octanol–water partition coefficient (Wildman–Crippen LogP) is 3.92. The predicted molar refractivity (Wildman–Crippen MR) is 55.1 cm³/mol. The largest absolute Gasteiger partial charge is 4.00 e. The maximum Gasteiger partial charge on any atom is 4.00 e. The van der Waals surface area contributed by atoms with Crippen LogP contribution in [0.2, 0.25) is 0 Å². The van der Waals surface area contributed by atoms with Crippen LogP contribution >= 0.6 is 0 Å². The van der Waals surface area contributed by atoms with Gasteiger partial charge in [-0.05, 0) is 0 Å². The summed E-state index contributed by atoms with van der Waals surface area (Å²) in [5, 5.41) is 0. The van der Waals surface area contributed by atoms with Gasteiger partial charge < -0.3 is 20.8 Å². The second-order valence-electron chi connectivity index (χ2n) is 2.46. The molecule has 0 N–H and O–H groups in total. The van der Waals surface area contributed by atoms with Crippen LogP contribution in [0.5, 0.6) is 0 Å². The molecule has 68 valence electrons. The van der Waals surface area contributed by atoms with Crippen LogP contribution in [0.3, 0.4) is 0 Å². The fourth-order valence-electron chi connectivity index (χ4n) is 0.321. The van der Waals surface area contributed by atoms with Crippen LogP contribution in [0, 0.1) is 20.8 Å². The van der Waals surface area contributed by atoms with E-state index in [-0.39, 0.29) is 36.6 Å². The van der Waals surface area contributed by atoms with Gasteiger partial charge in [0.15, 0.2) is 0 Å². The van der Waals surface area contributed by atoms with E-state index < -0.39 is 0 Å². The van der Waals surface area contributed by atoms with Crippen molar-refractivity contribution in [3.63, 3.8) is 0 Å². The summed E-state index contributed by atoms with van der Waals surface area (Å²) in [6.07, 6.45) is 0. The van der Waals surface area contributed by atoms with Crippen LogP contribution in [0.4, 0.5) is 0 Å². The van der Waals surface area contributed by atoms with Crippen LogP contribution in [0.15, 0.2) is 30.3 Å². The van der Waals surface area contributed by atoms with Crippen molar-refractivity contribution < 1.29 is 21.7 Å². The van der Waals surface area contributed by atoms with Crippen molar-refractivity contribution in [2.45, 2.75) is 20.8 Å². The molecule has 1 aromatic rings. The molecule has 1 rings (SSSR count). The molecule has 0 aliphatic rings. The third kappa shape index (κ3) is 32.2. The zero-order valence-electron chi connectivity index (χ0n) is 8.89. The summed E-state index contributed by atoms with van der Waals surface area (Å²) in [6.45, 7) is 6.25. The van der Waals surface area contributed by atoms with E-state index >= 15 is 0 Å². The normalized spacial score (nSPS) is 6.33. The van der Waals surface area contributed by atoms with E-state index in [1.807, 2.05) is 30.3 Å². The molecule has 0 saturated heterocycles. The molecule has 0 bridgehead atoms. The zero-order valence-corrected chi connectivity index (χ0v) is 10.4. The second kappa shape index (κ2) is 17.2. The molecule has 12 heavy (non-hydrogen) atoms. The number of hydrogen-bond donors (Lipinski definition) is 0. The minimum absolute atomic E-state index is 0. The monoisotopic (exact) mass is 200 g/mol. The molecular weight excluding hydrogens is 180 g/mol. The Hall–Kier alpha value is 0.0643. The summed E-state index contributed by atoms with van der Waals surface area (Å²) in [5.41, 5.74) is 0. The van der Waals surface area contributed by atoms with Gasteiger partial charge in [-0.2, -0.15) is 39.0 Å². The molecule has 0 fully saturated rings. The Morgan fingerprint density at radius 1 is 0.917 bits per heavy atom. The molecule has 0 aliphatic carbocycles. The smallest absolute Gasteiger partial charge is 0.358 e. The van der Waals surface area contributed by atoms with Gasteiger partial charge in [-0.1, -0.05) is 0 Å². The van der Waals surface area contributed by atoms with E-state index in [0.717, 1.165) is 0 Å². The van der Waals surface area contributed by atoms with Crippen molar-refractivity contribution in [2.75, 3.05) is 0 Å². The van der Waals surface area contributed by atoms with Crippen molar-refractivity contribution in [3.8, 4) is 0 Å². The van der Waals surface area contributed by atoms with Gasteiger partial charge in [-0.15, -0.1) is 0 Å². The quantitative estimate of drug-likeness (QED) is 0.439. The molecule has 0 aliphatic heterocycles. The molecule has 0 amide bonds. The number of hydrogen-bond acceptors (Lipinski definition) is 0. The van der Waals surface area contributed by atoms with E-state index in [0.29, 0.717) is 0 Å². The molecule has 0 heterocycles. The Morgan fingerprint density at radius 3 is 1.25 bits per heavy atom. The second-order valence-corrected chi connectivity index (χ2v) is 2.46. The Morgan fingerprint density at radius 2 is 1.17 bits per heavy atom. The Balaban J connectivity index is -0.0000000436. The SMILES string of the molecule is C[C-](C)C.[CH3-].[CH3-].[Ti+4].c1cc[cH-]c1. The standard InChI is InChI=1S/C5H5.C4H9.2CH3.Ti/c1-2-4-5-3-1;1-4(2)3;;;/h1-5H;1-3H3;2*1H3;/q4*-1;+4. The first-order valence-corrected chi connectivity index (χ1v) is 3.17. The van der Waals surface area contributed by atoms with Crippen LogP contribution in [0.1, 0.15) is 20.8 Å². The van der Waals surface area contributed by atoms with Crippen molar-refractivity contribution in [3.05, 3.63) is 51.1 Å². The average molecular weight is 200 g/mol. The molecule has 0 nitrogen and oxygen atoms in total. The van der Waals surface area contributed by atoms with Gasteiger partial charge >= 0.3 is 21.7 Å². The van der Waals surface area contributed by atoms with Crippen LogP contribution in [-0.4, -0.2) is 0 Å². The minimum Gasteiger partial charge on any atom is -0.358 e. The Labute approximate surface area is 93.6 Å². The average Bonchev–Trinajstić information content (AvgIpc) is 2.11. The van der Waals surface area contributed by atoms with Crippen LogP contribution < -0.4 is 0 Å². The van der Waals surface area contributed by atoms with Crippen LogP contribution in [0.25, 0.3) is 0 Å².